The van der Waals surface area contributed by atoms with Crippen molar-refractivity contribution < 1.29 is 0 Å². The highest BCUT2D eigenvalue weighted by molar-refractivity contribution is 8.04. The highest BCUT2D eigenvalue weighted by Gasteiger charge is 2.02. The van der Waals surface area contributed by atoms with Gasteiger partial charge in [0.25, 0.3) is 0 Å². The van der Waals surface area contributed by atoms with Crippen LogP contribution in [0.3, 0.4) is 0 Å². The fourth-order valence-electron chi connectivity index (χ4n) is 0.889. The van der Waals surface area contributed by atoms with E-state index in [2.05, 4.69) is 22.2 Å². The first-order valence-electron chi connectivity index (χ1n) is 3.06. The van der Waals surface area contributed by atoms with Gasteiger partial charge in [0.15, 0.2) is 0 Å². The van der Waals surface area contributed by atoms with Crippen LogP contribution in [0.15, 0.2) is 23.9 Å². The summed E-state index contributed by atoms with van der Waals surface area (Å²) in [5.41, 5.74) is 2.48. The molecule has 0 atom stereocenters. The van der Waals surface area contributed by atoms with Gasteiger partial charge < -0.3 is 0 Å². The summed E-state index contributed by atoms with van der Waals surface area (Å²) < 4.78 is 0. The molecular weight excluding hydrogens is 142 g/mol. The normalized spacial score (nSPS) is 14.8. The molecule has 0 amide bonds. The summed E-state index contributed by atoms with van der Waals surface area (Å²) in [5, 5.41) is 2.06. The molecule has 0 spiro atoms. The molecule has 1 radical (unpaired) electrons. The predicted octanol–water partition coefficient (Wildman–Crippen LogP) is 2.31. The van der Waals surface area contributed by atoms with Gasteiger partial charge in [-0.1, -0.05) is 0 Å². The van der Waals surface area contributed by atoms with Crippen molar-refractivity contribution in [3.63, 3.8) is 0 Å². The molecule has 1 nitrogen and oxygen atoms in total. The maximum Gasteiger partial charge on any atom is 0.0508 e. The largest absolute Gasteiger partial charge is 0.264 e. The zero-order valence-electron chi connectivity index (χ0n) is 5.32. The van der Waals surface area contributed by atoms with Crippen LogP contribution >= 0.6 is 11.8 Å². The number of aromatic nitrogens is 1. The van der Waals surface area contributed by atoms with Crippen molar-refractivity contribution in [2.45, 2.75) is 0 Å². The Morgan fingerprint density at radius 1 is 1.30 bits per heavy atom. The minimum atomic E-state index is 1.21. The number of nitrogens with zero attached hydrogens (tertiary/aromatic N) is 1. The molecule has 0 aliphatic carbocycles. The van der Waals surface area contributed by atoms with E-state index in [-0.39, 0.29) is 0 Å². The molecule has 2 heterocycles. The minimum Gasteiger partial charge on any atom is -0.264 e. The molecule has 10 heavy (non-hydrogen) atoms. The molecule has 1 aromatic rings. The lowest BCUT2D eigenvalue weighted by Crippen LogP contribution is -1.87. The van der Waals surface area contributed by atoms with Gasteiger partial charge in [0.2, 0.25) is 0 Å². The van der Waals surface area contributed by atoms with Crippen LogP contribution in [-0.4, -0.2) is 4.98 Å². The van der Waals surface area contributed by atoms with E-state index < -0.39 is 0 Å². The highest BCUT2D eigenvalue weighted by atomic mass is 32.2. The molecule has 0 unspecified atom stereocenters. The highest BCUT2D eigenvalue weighted by Crippen LogP contribution is 2.25. The van der Waals surface area contributed by atoms with Crippen LogP contribution in [0.4, 0.5) is 0 Å². The Kier molecular flexibility index (Phi) is 1.47. The van der Waals surface area contributed by atoms with Crippen LogP contribution < -0.4 is 0 Å². The maximum absolute atomic E-state index is 4.02. The van der Waals surface area contributed by atoms with E-state index in [4.69, 9.17) is 0 Å². The SMILES string of the molecule is [CH]1SC=Cc2cnccc21. The van der Waals surface area contributed by atoms with Crippen LogP contribution in [0.25, 0.3) is 6.08 Å². The average Bonchev–Trinajstić information content (AvgIpc) is 2.05. The maximum atomic E-state index is 4.02. The number of fused-ring (bicyclic) bond motifs is 1. The third kappa shape index (κ3) is 0.948. The van der Waals surface area contributed by atoms with Gasteiger partial charge >= 0.3 is 0 Å². The fraction of sp³-hybridized carbons (Fsp3) is 0. The fourth-order valence-corrected chi connectivity index (χ4v) is 1.55. The topological polar surface area (TPSA) is 12.9 Å². The standard InChI is InChI=1S/C8H6NS/c1-3-9-5-7-2-4-10-6-8(1)7/h1-6H. The quantitative estimate of drug-likeness (QED) is 0.560. The Morgan fingerprint density at radius 2 is 2.30 bits per heavy atom. The van der Waals surface area contributed by atoms with Crippen LogP contribution in [0.1, 0.15) is 11.1 Å². The Balaban J connectivity index is 2.54. The Morgan fingerprint density at radius 3 is 3.20 bits per heavy atom. The second-order valence-corrected chi connectivity index (χ2v) is 2.84. The van der Waals surface area contributed by atoms with Gasteiger partial charge in [-0.2, -0.15) is 0 Å². The van der Waals surface area contributed by atoms with Crippen molar-refractivity contribution in [3.8, 4) is 0 Å². The van der Waals surface area contributed by atoms with Gasteiger partial charge in [-0.3, -0.25) is 4.98 Å². The smallest absolute Gasteiger partial charge is 0.0508 e. The molecule has 0 saturated carbocycles. The molecule has 2 rings (SSSR count). The molecular formula is C8H6NS. The van der Waals surface area contributed by atoms with Gasteiger partial charge in [-0.05, 0) is 28.7 Å². The Bertz CT molecular complexity index is 268. The van der Waals surface area contributed by atoms with Crippen LogP contribution in [-0.2, 0) is 0 Å². The molecule has 0 aromatic carbocycles. The second kappa shape index (κ2) is 2.46. The molecule has 0 N–H and O–H groups in total. The summed E-state index contributed by atoms with van der Waals surface area (Å²) in [5.74, 6) is 2.12. The monoisotopic (exact) mass is 148 g/mol. The van der Waals surface area contributed by atoms with Gasteiger partial charge in [-0.15, -0.1) is 11.8 Å². The summed E-state index contributed by atoms with van der Waals surface area (Å²) in [7, 11) is 0. The van der Waals surface area contributed by atoms with Gasteiger partial charge in [0, 0.05) is 12.4 Å². The van der Waals surface area contributed by atoms with E-state index in [1.807, 2.05) is 18.5 Å². The zero-order chi connectivity index (χ0) is 6.81. The zero-order valence-corrected chi connectivity index (χ0v) is 6.14. The summed E-state index contributed by atoms with van der Waals surface area (Å²) in [6, 6.07) is 2.02. The lowest BCUT2D eigenvalue weighted by atomic mass is 10.1. The van der Waals surface area contributed by atoms with E-state index in [0.29, 0.717) is 0 Å². The van der Waals surface area contributed by atoms with E-state index in [0.717, 1.165) is 0 Å². The summed E-state index contributed by atoms with van der Waals surface area (Å²) >= 11 is 1.70. The van der Waals surface area contributed by atoms with Crippen molar-refractivity contribution in [2.75, 3.05) is 0 Å². The molecule has 1 aromatic heterocycles. The Hall–Kier alpha value is -0.760. The van der Waals surface area contributed by atoms with E-state index in [9.17, 15) is 0 Å². The van der Waals surface area contributed by atoms with Gasteiger partial charge in [0.05, 0.1) is 5.75 Å². The summed E-state index contributed by atoms with van der Waals surface area (Å²) in [4.78, 5) is 4.02. The van der Waals surface area contributed by atoms with Crippen molar-refractivity contribution >= 4 is 17.8 Å². The van der Waals surface area contributed by atoms with Gasteiger partial charge in [-0.25, -0.2) is 0 Å². The summed E-state index contributed by atoms with van der Waals surface area (Å²) in [6.07, 6.45) is 5.77. The van der Waals surface area contributed by atoms with E-state index in [1.54, 1.807) is 11.8 Å². The molecule has 49 valence electrons. The van der Waals surface area contributed by atoms with Crippen molar-refractivity contribution in [2.24, 2.45) is 0 Å². The third-order valence-corrected chi connectivity index (χ3v) is 2.09. The summed E-state index contributed by atoms with van der Waals surface area (Å²) in [6.45, 7) is 0. The lowest BCUT2D eigenvalue weighted by Gasteiger charge is -2.06. The molecule has 1 aliphatic heterocycles. The van der Waals surface area contributed by atoms with Crippen LogP contribution in [0, 0.1) is 5.75 Å². The molecule has 0 bridgehead atoms. The Labute approximate surface area is 64.2 Å². The number of hydrogen-bond acceptors (Lipinski definition) is 2. The first-order valence-corrected chi connectivity index (χ1v) is 4.00. The molecule has 0 fully saturated rings. The van der Waals surface area contributed by atoms with Crippen LogP contribution in [0.5, 0.6) is 0 Å². The minimum absolute atomic E-state index is 1.21. The molecule has 0 saturated heterocycles. The molecule has 1 aliphatic rings. The third-order valence-electron chi connectivity index (χ3n) is 1.41. The number of pyridine rings is 1. The number of hydrogen-bond donors (Lipinski definition) is 0. The van der Waals surface area contributed by atoms with Crippen molar-refractivity contribution in [3.05, 3.63) is 40.7 Å². The van der Waals surface area contributed by atoms with E-state index >= 15 is 0 Å². The number of rotatable bonds is 0. The second-order valence-electron chi connectivity index (χ2n) is 2.06. The molecule has 2 heteroatoms. The van der Waals surface area contributed by atoms with Gasteiger partial charge in [0.1, 0.15) is 0 Å². The van der Waals surface area contributed by atoms with Crippen LogP contribution in [0.2, 0.25) is 0 Å². The average molecular weight is 148 g/mol. The first kappa shape index (κ1) is 5.98. The van der Waals surface area contributed by atoms with E-state index in [1.165, 1.54) is 11.1 Å². The van der Waals surface area contributed by atoms with Crippen molar-refractivity contribution in [1.29, 1.82) is 0 Å². The lowest BCUT2D eigenvalue weighted by molar-refractivity contribution is 1.29. The predicted molar refractivity (Wildman–Crippen MR) is 44.3 cm³/mol. The number of thioether (sulfide) groups is 1. The van der Waals surface area contributed by atoms with Crippen molar-refractivity contribution in [1.82, 2.24) is 4.98 Å². The first-order chi connectivity index (χ1) is 4.97.